The predicted molar refractivity (Wildman–Crippen MR) is 138 cm³/mol. The maximum absolute atomic E-state index is 13.4. The lowest BCUT2D eigenvalue weighted by atomic mass is 9.97. The van der Waals surface area contributed by atoms with Crippen molar-refractivity contribution in [1.29, 1.82) is 0 Å². The number of fused-ring (bicyclic) bond motifs is 3. The van der Waals surface area contributed by atoms with Crippen LogP contribution in [-0.2, 0) is 16.1 Å². The minimum absolute atomic E-state index is 0.121. The smallest absolute Gasteiger partial charge is 0.243 e. The number of piperidine rings is 2. The molecule has 0 spiro atoms. The van der Waals surface area contributed by atoms with Gasteiger partial charge in [0.15, 0.2) is 5.16 Å². The molecule has 2 saturated heterocycles. The van der Waals surface area contributed by atoms with Gasteiger partial charge in [0.05, 0.1) is 16.8 Å². The maximum atomic E-state index is 13.4. The number of nitrogens with zero attached hydrogens (tertiary/aromatic N) is 6. The van der Waals surface area contributed by atoms with Crippen LogP contribution in [0, 0.1) is 0 Å². The number of carbonyl (C=O) groups excluding carboxylic acids is 2. The van der Waals surface area contributed by atoms with E-state index in [9.17, 15) is 9.59 Å². The van der Waals surface area contributed by atoms with Crippen LogP contribution in [0.4, 0.5) is 0 Å². The van der Waals surface area contributed by atoms with Gasteiger partial charge in [-0.15, -0.1) is 10.2 Å². The van der Waals surface area contributed by atoms with E-state index in [-0.39, 0.29) is 30.4 Å². The van der Waals surface area contributed by atoms with Crippen LogP contribution in [0.25, 0.3) is 16.8 Å². The quantitative estimate of drug-likeness (QED) is 0.474. The molecule has 35 heavy (non-hydrogen) atoms. The van der Waals surface area contributed by atoms with Crippen LogP contribution in [-0.4, -0.2) is 71.2 Å². The third-order valence-electron chi connectivity index (χ3n) is 7.79. The predicted octanol–water partition coefficient (Wildman–Crippen LogP) is 4.36. The van der Waals surface area contributed by atoms with Crippen molar-refractivity contribution in [2.24, 2.45) is 0 Å². The van der Waals surface area contributed by atoms with Gasteiger partial charge in [-0.25, -0.2) is 0 Å². The number of aromatic nitrogens is 4. The van der Waals surface area contributed by atoms with E-state index < -0.39 is 0 Å². The average Bonchev–Trinajstić information content (AvgIpc) is 3.41. The first-order chi connectivity index (χ1) is 17.0. The summed E-state index contributed by atoms with van der Waals surface area (Å²) >= 11 is 1.44. The molecule has 2 aliphatic rings. The lowest BCUT2D eigenvalue weighted by molar-refractivity contribution is -0.137. The Bertz CT molecular complexity index is 1210. The first-order valence-electron chi connectivity index (χ1n) is 13.0. The molecule has 9 heteroatoms. The highest BCUT2D eigenvalue weighted by atomic mass is 32.2. The average molecular weight is 497 g/mol. The molecule has 3 atom stereocenters. The minimum Gasteiger partial charge on any atom is -0.339 e. The number of imidazole rings is 1. The molecule has 0 radical (unpaired) electrons. The summed E-state index contributed by atoms with van der Waals surface area (Å²) < 4.78 is 3.97. The Morgan fingerprint density at radius 2 is 1.71 bits per heavy atom. The van der Waals surface area contributed by atoms with Gasteiger partial charge in [0.2, 0.25) is 17.6 Å². The van der Waals surface area contributed by atoms with E-state index in [1.807, 2.05) is 38.1 Å². The zero-order valence-electron chi connectivity index (χ0n) is 21.0. The monoisotopic (exact) mass is 496 g/mol. The summed E-state index contributed by atoms with van der Waals surface area (Å²) in [6.45, 7) is 7.53. The van der Waals surface area contributed by atoms with E-state index in [0.717, 1.165) is 49.7 Å². The summed E-state index contributed by atoms with van der Waals surface area (Å²) in [6, 6.07) is 8.88. The largest absolute Gasteiger partial charge is 0.339 e. The van der Waals surface area contributed by atoms with Crippen molar-refractivity contribution in [3.63, 3.8) is 0 Å². The van der Waals surface area contributed by atoms with Crippen molar-refractivity contribution in [2.75, 3.05) is 12.3 Å². The number of likely N-dealkylation sites (tertiary alicyclic amines) is 2. The molecule has 2 aliphatic heterocycles. The topological polar surface area (TPSA) is 75.7 Å². The number of carbonyl (C=O) groups is 2. The van der Waals surface area contributed by atoms with Crippen molar-refractivity contribution in [3.05, 3.63) is 24.3 Å². The molecule has 5 rings (SSSR count). The molecule has 188 valence electrons. The molecule has 3 aromatic rings. The fourth-order valence-electron chi connectivity index (χ4n) is 5.98. The Balaban J connectivity index is 1.41. The lowest BCUT2D eigenvalue weighted by Crippen LogP contribution is -2.48. The Kier molecular flexibility index (Phi) is 7.05. The minimum atomic E-state index is 0.121. The number of hydrogen-bond acceptors (Lipinski definition) is 5. The summed E-state index contributed by atoms with van der Waals surface area (Å²) in [5.41, 5.74) is 1.91. The highest BCUT2D eigenvalue weighted by molar-refractivity contribution is 7.99. The first-order valence-corrected chi connectivity index (χ1v) is 14.0. The van der Waals surface area contributed by atoms with Gasteiger partial charge in [-0.05, 0) is 70.9 Å². The summed E-state index contributed by atoms with van der Waals surface area (Å²) in [4.78, 5) is 30.6. The molecule has 0 aliphatic carbocycles. The van der Waals surface area contributed by atoms with Crippen molar-refractivity contribution >= 4 is 40.4 Å². The second-order valence-corrected chi connectivity index (χ2v) is 11.0. The normalized spacial score (nSPS) is 23.3. The zero-order valence-corrected chi connectivity index (χ0v) is 21.8. The number of rotatable bonds is 6. The number of amides is 2. The maximum Gasteiger partial charge on any atom is 0.243 e. The van der Waals surface area contributed by atoms with E-state index in [1.54, 1.807) is 0 Å². The highest BCUT2D eigenvalue weighted by Crippen LogP contribution is 2.29. The number of hydrogen-bond donors (Lipinski definition) is 0. The fraction of sp³-hybridized carbons (Fsp3) is 0.615. The van der Waals surface area contributed by atoms with Crippen LogP contribution in [0.1, 0.15) is 65.7 Å². The summed E-state index contributed by atoms with van der Waals surface area (Å²) in [7, 11) is 0. The van der Waals surface area contributed by atoms with Crippen LogP contribution in [0.15, 0.2) is 29.4 Å². The standard InChI is InChI=1S/C26H36N6O2S/c1-4-20-12-7-8-15-29(20)24(34)17-35-26-28-27-25-30(21-13-5-6-14-22(21)32(25)26)16-23(33)31-18(2)10-9-11-19(31)3/h5-6,13-14,18-20H,4,7-12,15-17H2,1-3H3/t18-,19+,20-/m0/s1. The molecule has 4 heterocycles. The van der Waals surface area contributed by atoms with Crippen LogP contribution in [0.3, 0.4) is 0 Å². The van der Waals surface area contributed by atoms with E-state index in [0.29, 0.717) is 22.7 Å². The van der Waals surface area contributed by atoms with Gasteiger partial charge in [0.25, 0.3) is 0 Å². The molecule has 2 aromatic heterocycles. The third kappa shape index (κ3) is 4.55. The van der Waals surface area contributed by atoms with E-state index >= 15 is 0 Å². The van der Waals surface area contributed by atoms with Crippen molar-refractivity contribution in [3.8, 4) is 0 Å². The SMILES string of the molecule is CC[C@H]1CCCCN1C(=O)CSc1nnc2n(CC(=O)N3[C@H](C)CCC[C@@H]3C)c3ccccc3n12. The summed E-state index contributed by atoms with van der Waals surface area (Å²) in [5.74, 6) is 1.29. The summed E-state index contributed by atoms with van der Waals surface area (Å²) in [5, 5.41) is 9.60. The molecular formula is C26H36N6O2S. The van der Waals surface area contributed by atoms with E-state index in [2.05, 4.69) is 35.9 Å². The van der Waals surface area contributed by atoms with Crippen LogP contribution < -0.4 is 0 Å². The molecule has 0 saturated carbocycles. The number of benzene rings is 1. The second-order valence-electron chi connectivity index (χ2n) is 10.1. The molecule has 2 fully saturated rings. The number of para-hydroxylation sites is 2. The van der Waals surface area contributed by atoms with Crippen molar-refractivity contribution < 1.29 is 9.59 Å². The van der Waals surface area contributed by atoms with Gasteiger partial charge >= 0.3 is 0 Å². The van der Waals surface area contributed by atoms with Gasteiger partial charge in [0.1, 0.15) is 6.54 Å². The van der Waals surface area contributed by atoms with Crippen molar-refractivity contribution in [1.82, 2.24) is 29.0 Å². The van der Waals surface area contributed by atoms with Gasteiger partial charge < -0.3 is 9.80 Å². The highest BCUT2D eigenvalue weighted by Gasteiger charge is 2.30. The van der Waals surface area contributed by atoms with Gasteiger partial charge in [-0.2, -0.15) is 0 Å². The molecule has 2 amide bonds. The van der Waals surface area contributed by atoms with Crippen LogP contribution in [0.5, 0.6) is 0 Å². The number of thioether (sulfide) groups is 1. The lowest BCUT2D eigenvalue weighted by Gasteiger charge is -2.39. The van der Waals surface area contributed by atoms with Crippen molar-refractivity contribution in [2.45, 2.75) is 95.5 Å². The van der Waals surface area contributed by atoms with Gasteiger partial charge in [-0.3, -0.25) is 18.6 Å². The Morgan fingerprint density at radius 3 is 2.46 bits per heavy atom. The second kappa shape index (κ2) is 10.2. The molecule has 0 unspecified atom stereocenters. The molecule has 8 nitrogen and oxygen atoms in total. The Morgan fingerprint density at radius 1 is 0.971 bits per heavy atom. The third-order valence-corrected chi connectivity index (χ3v) is 8.70. The van der Waals surface area contributed by atoms with Gasteiger partial charge in [-0.1, -0.05) is 30.8 Å². The molecular weight excluding hydrogens is 460 g/mol. The first kappa shape index (κ1) is 24.2. The molecule has 0 bridgehead atoms. The molecule has 0 N–H and O–H groups in total. The molecule has 1 aromatic carbocycles. The van der Waals surface area contributed by atoms with Crippen LogP contribution in [0.2, 0.25) is 0 Å². The zero-order chi connectivity index (χ0) is 24.5. The Hall–Kier alpha value is -2.55. The van der Waals surface area contributed by atoms with E-state index in [1.165, 1.54) is 24.6 Å². The Labute approximate surface area is 211 Å². The van der Waals surface area contributed by atoms with E-state index in [4.69, 9.17) is 0 Å². The van der Waals surface area contributed by atoms with Gasteiger partial charge in [0, 0.05) is 24.7 Å². The van der Waals surface area contributed by atoms with Crippen LogP contribution >= 0.6 is 11.8 Å². The summed E-state index contributed by atoms with van der Waals surface area (Å²) in [6.07, 6.45) is 7.65. The fourth-order valence-corrected chi connectivity index (χ4v) is 6.80.